The predicted molar refractivity (Wildman–Crippen MR) is 162 cm³/mol. The van der Waals surface area contributed by atoms with E-state index in [0.717, 1.165) is 9.87 Å². The van der Waals surface area contributed by atoms with Gasteiger partial charge in [-0.05, 0) is 74.7 Å². The van der Waals surface area contributed by atoms with Gasteiger partial charge in [-0.1, -0.05) is 71.6 Å². The third-order valence-corrected chi connectivity index (χ3v) is 9.26. The van der Waals surface area contributed by atoms with Gasteiger partial charge in [-0.2, -0.15) is 0 Å². The molecular weight excluding hydrogens is 593 g/mol. The summed E-state index contributed by atoms with van der Waals surface area (Å²) in [6.07, 6.45) is 0.295. The highest BCUT2D eigenvalue weighted by Gasteiger charge is 2.34. The van der Waals surface area contributed by atoms with E-state index in [-0.39, 0.29) is 23.0 Å². The molecule has 1 N–H and O–H groups in total. The fourth-order valence-corrected chi connectivity index (χ4v) is 6.37. The molecule has 0 aliphatic carbocycles. The van der Waals surface area contributed by atoms with Gasteiger partial charge in [-0.25, -0.2) is 8.42 Å². The Kier molecular flexibility index (Phi) is 10.9. The summed E-state index contributed by atoms with van der Waals surface area (Å²) in [4.78, 5) is 28.5. The van der Waals surface area contributed by atoms with E-state index in [1.165, 1.54) is 17.0 Å². The van der Waals surface area contributed by atoms with Gasteiger partial charge >= 0.3 is 0 Å². The number of carbonyl (C=O) groups excluding carboxylic acids is 2. The zero-order valence-electron chi connectivity index (χ0n) is 22.7. The summed E-state index contributed by atoms with van der Waals surface area (Å²) in [6.45, 7) is 6.88. The van der Waals surface area contributed by atoms with E-state index < -0.39 is 28.5 Å². The molecule has 214 valence electrons. The lowest BCUT2D eigenvalue weighted by atomic mass is 10.1. The van der Waals surface area contributed by atoms with Crippen LogP contribution in [0.15, 0.2) is 65.6 Å². The Labute approximate surface area is 251 Å². The second kappa shape index (κ2) is 13.7. The first kappa shape index (κ1) is 31.7. The average molecular weight is 625 g/mol. The van der Waals surface area contributed by atoms with Crippen LogP contribution in [0.3, 0.4) is 0 Å². The fourth-order valence-electron chi connectivity index (χ4n) is 4.26. The van der Waals surface area contributed by atoms with Crippen LogP contribution in [-0.4, -0.2) is 44.3 Å². The molecule has 0 spiro atoms. The number of likely N-dealkylation sites (N-methyl/N-ethyl adjacent to an activating group) is 1. The summed E-state index contributed by atoms with van der Waals surface area (Å²) in [7, 11) is -4.21. The normalized spacial score (nSPS) is 12.1. The Balaban J connectivity index is 2.12. The van der Waals surface area contributed by atoms with Crippen molar-refractivity contribution in [1.82, 2.24) is 10.2 Å². The van der Waals surface area contributed by atoms with Gasteiger partial charge in [-0.15, -0.1) is 0 Å². The maximum atomic E-state index is 14.1. The van der Waals surface area contributed by atoms with Crippen molar-refractivity contribution in [2.75, 3.05) is 17.4 Å². The van der Waals surface area contributed by atoms with E-state index >= 15 is 0 Å². The summed E-state index contributed by atoms with van der Waals surface area (Å²) >= 11 is 18.9. The van der Waals surface area contributed by atoms with Crippen molar-refractivity contribution in [2.24, 2.45) is 0 Å². The molecule has 0 aliphatic rings. The van der Waals surface area contributed by atoms with E-state index in [4.69, 9.17) is 34.8 Å². The number of hydrogen-bond donors (Lipinski definition) is 1. The zero-order valence-corrected chi connectivity index (χ0v) is 25.8. The van der Waals surface area contributed by atoms with Gasteiger partial charge in [0, 0.05) is 28.2 Å². The van der Waals surface area contributed by atoms with Crippen molar-refractivity contribution in [1.29, 1.82) is 0 Å². The molecule has 0 saturated heterocycles. The van der Waals surface area contributed by atoms with Crippen LogP contribution in [0.4, 0.5) is 5.69 Å². The van der Waals surface area contributed by atoms with Crippen LogP contribution < -0.4 is 9.62 Å². The van der Waals surface area contributed by atoms with E-state index in [2.05, 4.69) is 5.32 Å². The molecule has 40 heavy (non-hydrogen) atoms. The second-order valence-corrected chi connectivity index (χ2v) is 12.4. The highest BCUT2D eigenvalue weighted by atomic mass is 35.5. The number of nitrogens with one attached hydrogen (secondary N) is 1. The van der Waals surface area contributed by atoms with Crippen LogP contribution in [0.2, 0.25) is 15.1 Å². The number of sulfonamides is 1. The van der Waals surface area contributed by atoms with Crippen molar-refractivity contribution in [3.8, 4) is 0 Å². The Morgan fingerprint density at radius 2 is 1.60 bits per heavy atom. The van der Waals surface area contributed by atoms with Crippen molar-refractivity contribution in [3.63, 3.8) is 0 Å². The molecule has 3 aromatic carbocycles. The molecule has 3 aromatic rings. The lowest BCUT2D eigenvalue weighted by molar-refractivity contribution is -0.140. The van der Waals surface area contributed by atoms with Gasteiger partial charge in [0.25, 0.3) is 10.0 Å². The Hall–Kier alpha value is -2.78. The maximum Gasteiger partial charge on any atom is 0.264 e. The lowest BCUT2D eigenvalue weighted by Gasteiger charge is -2.33. The minimum atomic E-state index is -4.21. The van der Waals surface area contributed by atoms with Crippen LogP contribution in [0.1, 0.15) is 37.0 Å². The van der Waals surface area contributed by atoms with E-state index in [1.807, 2.05) is 6.92 Å². The molecular formula is C29H32Cl3N3O4S. The van der Waals surface area contributed by atoms with E-state index in [1.54, 1.807) is 69.3 Å². The van der Waals surface area contributed by atoms with Crippen LogP contribution >= 0.6 is 34.8 Å². The molecule has 0 unspecified atom stereocenters. The first-order chi connectivity index (χ1) is 18.9. The maximum absolute atomic E-state index is 14.1. The van der Waals surface area contributed by atoms with Gasteiger partial charge in [0.05, 0.1) is 10.6 Å². The topological polar surface area (TPSA) is 86.8 Å². The van der Waals surface area contributed by atoms with E-state index in [0.29, 0.717) is 39.2 Å². The van der Waals surface area contributed by atoms with Gasteiger partial charge in [0.2, 0.25) is 11.8 Å². The molecule has 0 radical (unpaired) electrons. The van der Waals surface area contributed by atoms with Gasteiger partial charge < -0.3 is 10.2 Å². The molecule has 2 amide bonds. The second-order valence-electron chi connectivity index (χ2n) is 9.28. The monoisotopic (exact) mass is 623 g/mol. The number of halogens is 3. The molecule has 11 heteroatoms. The molecule has 1 atom stereocenters. The number of amides is 2. The molecule has 0 bridgehead atoms. The first-order valence-electron chi connectivity index (χ1n) is 12.8. The minimum absolute atomic E-state index is 0.0216. The largest absolute Gasteiger partial charge is 0.355 e. The average Bonchev–Trinajstić information content (AvgIpc) is 2.90. The minimum Gasteiger partial charge on any atom is -0.355 e. The van der Waals surface area contributed by atoms with Crippen LogP contribution in [-0.2, 0) is 26.2 Å². The van der Waals surface area contributed by atoms with Crippen molar-refractivity contribution in [2.45, 2.75) is 51.6 Å². The summed E-state index contributed by atoms with van der Waals surface area (Å²) in [6, 6.07) is 15.2. The van der Waals surface area contributed by atoms with Gasteiger partial charge in [-0.3, -0.25) is 13.9 Å². The quantitative estimate of drug-likeness (QED) is 0.267. The number of hydrogen-bond acceptors (Lipinski definition) is 4. The lowest BCUT2D eigenvalue weighted by Crippen LogP contribution is -2.52. The molecule has 7 nitrogen and oxygen atoms in total. The number of anilines is 1. The third kappa shape index (κ3) is 7.29. The Morgan fingerprint density at radius 3 is 2.20 bits per heavy atom. The number of carbonyl (C=O) groups is 2. The predicted octanol–water partition coefficient (Wildman–Crippen LogP) is 6.40. The summed E-state index contributed by atoms with van der Waals surface area (Å²) in [5, 5.41) is 3.87. The fraction of sp³-hybridized carbons (Fsp3) is 0.310. The van der Waals surface area contributed by atoms with E-state index in [9.17, 15) is 18.0 Å². The third-order valence-electron chi connectivity index (χ3n) is 6.49. The Morgan fingerprint density at radius 1 is 0.925 bits per heavy atom. The number of rotatable bonds is 11. The first-order valence-corrected chi connectivity index (χ1v) is 15.3. The number of nitrogens with zero attached hydrogens (tertiary/aromatic N) is 2. The van der Waals surface area contributed by atoms with Crippen molar-refractivity contribution < 1.29 is 18.0 Å². The molecule has 3 rings (SSSR count). The summed E-state index contributed by atoms with van der Waals surface area (Å²) in [5.74, 6) is -0.936. The molecule has 0 saturated carbocycles. The highest BCUT2D eigenvalue weighted by molar-refractivity contribution is 7.92. The van der Waals surface area contributed by atoms with Crippen molar-refractivity contribution >= 4 is 62.3 Å². The SMILES string of the molecule is CCNC(=O)[C@@H](CC)N(Cc1ccc(Cl)cc1Cl)C(=O)CN(c1cccc(Cl)c1C)S(=O)(=O)c1ccc(C)cc1. The molecule has 0 aliphatic heterocycles. The van der Waals surface area contributed by atoms with Gasteiger partial charge in [0.15, 0.2) is 0 Å². The smallest absolute Gasteiger partial charge is 0.264 e. The van der Waals surface area contributed by atoms with Crippen molar-refractivity contribution in [3.05, 3.63) is 92.4 Å². The Bertz CT molecular complexity index is 1480. The molecule has 0 heterocycles. The summed E-state index contributed by atoms with van der Waals surface area (Å²) in [5.41, 5.74) is 2.21. The molecule has 0 aromatic heterocycles. The zero-order chi connectivity index (χ0) is 29.6. The number of aryl methyl sites for hydroxylation is 1. The van der Waals surface area contributed by atoms with Gasteiger partial charge in [0.1, 0.15) is 12.6 Å². The summed E-state index contributed by atoms with van der Waals surface area (Å²) < 4.78 is 29.0. The standard InChI is InChI=1S/C29H32Cl3N3O4S/c1-5-26(29(37)33-6-2)34(17-21-12-13-22(30)16-25(21)32)28(36)18-35(27-9-7-8-24(31)20(27)4)40(38,39)23-14-10-19(3)11-15-23/h7-16,26H,5-6,17-18H2,1-4H3,(H,33,37)/t26-/m1/s1. The van der Waals surface area contributed by atoms with Crippen LogP contribution in [0.25, 0.3) is 0 Å². The molecule has 0 fully saturated rings. The highest BCUT2D eigenvalue weighted by Crippen LogP contribution is 2.32. The van der Waals surface area contributed by atoms with Crippen LogP contribution in [0, 0.1) is 13.8 Å². The van der Waals surface area contributed by atoms with Crippen LogP contribution in [0.5, 0.6) is 0 Å². The number of benzene rings is 3.